The Balaban J connectivity index is 1.24. The molecule has 0 saturated heterocycles. The standard InChI is InChI=1S/C50H27N3OS/c1-2-13-29-28(12-1)24-26-39-44(29)45-40(27-25-35-32-16-4-3-14-30(32)31-15-5-6-18-34(31)43(35)45)53(39)50-51-46-37-19-7-9-22-41(37)54-48(46)47(52-50)38-21-11-20-36-33-17-8-10-23-42(33)55-49(36)38/h1-27H. The van der Waals surface area contributed by atoms with Gasteiger partial charge in [-0.05, 0) is 68.0 Å². The van der Waals surface area contributed by atoms with Crippen LogP contribution < -0.4 is 0 Å². The third-order valence-electron chi connectivity index (χ3n) is 11.6. The first-order valence-corrected chi connectivity index (χ1v) is 19.4. The maximum absolute atomic E-state index is 6.68. The van der Waals surface area contributed by atoms with Crippen LogP contribution in [-0.2, 0) is 0 Å². The van der Waals surface area contributed by atoms with Gasteiger partial charge in [-0.25, -0.2) is 9.97 Å². The zero-order valence-electron chi connectivity index (χ0n) is 29.2. The van der Waals surface area contributed by atoms with E-state index < -0.39 is 0 Å². The fraction of sp³-hybridized carbons (Fsp3) is 0. The van der Waals surface area contributed by atoms with Crippen molar-refractivity contribution in [3.05, 3.63) is 164 Å². The molecule has 5 heteroatoms. The van der Waals surface area contributed by atoms with Gasteiger partial charge in [-0.3, -0.25) is 4.57 Å². The number of hydrogen-bond acceptors (Lipinski definition) is 4. The van der Waals surface area contributed by atoms with E-state index in [4.69, 9.17) is 14.4 Å². The first-order chi connectivity index (χ1) is 27.3. The van der Waals surface area contributed by atoms with Crippen LogP contribution in [0.3, 0.4) is 0 Å². The summed E-state index contributed by atoms with van der Waals surface area (Å²) in [5.74, 6) is 0.617. The van der Waals surface area contributed by atoms with E-state index in [9.17, 15) is 0 Å². The number of thiophene rings is 1. The van der Waals surface area contributed by atoms with E-state index in [1.54, 1.807) is 11.3 Å². The van der Waals surface area contributed by atoms with Crippen molar-refractivity contribution in [2.45, 2.75) is 0 Å². The lowest BCUT2D eigenvalue weighted by molar-refractivity contribution is 0.666. The minimum Gasteiger partial charge on any atom is -0.452 e. The smallest absolute Gasteiger partial charge is 0.236 e. The molecule has 0 saturated carbocycles. The largest absolute Gasteiger partial charge is 0.452 e. The molecule has 0 fully saturated rings. The molecule has 0 amide bonds. The van der Waals surface area contributed by atoms with Gasteiger partial charge in [-0.15, -0.1) is 11.3 Å². The Kier molecular flexibility index (Phi) is 5.74. The van der Waals surface area contributed by atoms with Crippen molar-refractivity contribution >= 4 is 118 Å². The summed E-state index contributed by atoms with van der Waals surface area (Å²) in [5.41, 5.74) is 6.27. The second-order valence-corrected chi connectivity index (χ2v) is 15.5. The Labute approximate surface area is 317 Å². The minimum absolute atomic E-state index is 0.617. The van der Waals surface area contributed by atoms with Gasteiger partial charge in [-0.2, -0.15) is 0 Å². The number of aromatic nitrogens is 3. The van der Waals surface area contributed by atoms with Gasteiger partial charge in [-0.1, -0.05) is 133 Å². The van der Waals surface area contributed by atoms with Crippen molar-refractivity contribution in [1.29, 1.82) is 0 Å². The van der Waals surface area contributed by atoms with Gasteiger partial charge in [0, 0.05) is 47.3 Å². The number of rotatable bonds is 2. The number of fused-ring (bicyclic) bond motifs is 18. The van der Waals surface area contributed by atoms with Crippen molar-refractivity contribution in [3.8, 4) is 17.2 Å². The van der Waals surface area contributed by atoms with Crippen LogP contribution in [-0.4, -0.2) is 14.5 Å². The lowest BCUT2D eigenvalue weighted by Gasteiger charge is -2.13. The van der Waals surface area contributed by atoms with E-state index in [1.165, 1.54) is 74.0 Å². The molecule has 4 aromatic heterocycles. The summed E-state index contributed by atoms with van der Waals surface area (Å²) in [7, 11) is 0. The van der Waals surface area contributed by atoms with Gasteiger partial charge >= 0.3 is 0 Å². The second kappa shape index (κ2) is 10.8. The van der Waals surface area contributed by atoms with Crippen LogP contribution in [0.2, 0.25) is 0 Å². The predicted molar refractivity (Wildman–Crippen MR) is 232 cm³/mol. The fourth-order valence-electron chi connectivity index (χ4n) is 9.27. The minimum atomic E-state index is 0.617. The van der Waals surface area contributed by atoms with Gasteiger partial charge in [0.25, 0.3) is 0 Å². The topological polar surface area (TPSA) is 43.9 Å². The number of benzene rings is 9. The van der Waals surface area contributed by atoms with Gasteiger partial charge in [0.15, 0.2) is 5.58 Å². The molecule has 254 valence electrons. The molecule has 55 heavy (non-hydrogen) atoms. The molecule has 9 aromatic carbocycles. The Hall–Kier alpha value is -7.08. The summed E-state index contributed by atoms with van der Waals surface area (Å²) in [5, 5.41) is 15.7. The van der Waals surface area contributed by atoms with Gasteiger partial charge in [0.05, 0.1) is 11.0 Å². The molecule has 0 radical (unpaired) electrons. The van der Waals surface area contributed by atoms with Crippen LogP contribution in [0, 0.1) is 0 Å². The molecule has 0 N–H and O–H groups in total. The third kappa shape index (κ3) is 3.89. The molecule has 13 rings (SSSR count). The highest BCUT2D eigenvalue weighted by Gasteiger charge is 2.25. The van der Waals surface area contributed by atoms with Gasteiger partial charge in [0.1, 0.15) is 16.8 Å². The van der Waals surface area contributed by atoms with Crippen LogP contribution in [0.1, 0.15) is 0 Å². The summed E-state index contributed by atoms with van der Waals surface area (Å²) in [6.07, 6.45) is 0. The summed E-state index contributed by atoms with van der Waals surface area (Å²) in [6.45, 7) is 0. The number of hydrogen-bond donors (Lipinski definition) is 0. The second-order valence-electron chi connectivity index (χ2n) is 14.4. The molecule has 4 heterocycles. The average molecular weight is 718 g/mol. The SMILES string of the molecule is c1ccc2c(c1)ccc1c2c2c3c4ccccc4c4ccccc4c3ccc2n1-c1nc(-c2cccc3c2sc2ccccc23)c2oc3ccccc3c2n1. The molecule has 0 bridgehead atoms. The van der Waals surface area contributed by atoms with E-state index in [2.05, 4.69) is 156 Å². The summed E-state index contributed by atoms with van der Waals surface area (Å²) < 4.78 is 11.4. The van der Waals surface area contributed by atoms with Crippen molar-refractivity contribution in [3.63, 3.8) is 0 Å². The fourth-order valence-corrected chi connectivity index (χ4v) is 10.5. The van der Waals surface area contributed by atoms with Gasteiger partial charge < -0.3 is 4.42 Å². The number of furan rings is 1. The van der Waals surface area contributed by atoms with Crippen LogP contribution in [0.4, 0.5) is 0 Å². The van der Waals surface area contributed by atoms with E-state index >= 15 is 0 Å². The molecule has 0 unspecified atom stereocenters. The van der Waals surface area contributed by atoms with E-state index in [-0.39, 0.29) is 0 Å². The molecule has 0 aliphatic rings. The number of para-hydroxylation sites is 1. The molecule has 13 aromatic rings. The lowest BCUT2D eigenvalue weighted by atomic mass is 9.91. The van der Waals surface area contributed by atoms with Crippen molar-refractivity contribution in [1.82, 2.24) is 14.5 Å². The predicted octanol–water partition coefficient (Wildman–Crippen LogP) is 14.1. The zero-order valence-corrected chi connectivity index (χ0v) is 30.1. The summed E-state index contributed by atoms with van der Waals surface area (Å²) >= 11 is 1.80. The Morgan fingerprint density at radius 1 is 0.436 bits per heavy atom. The maximum atomic E-state index is 6.68. The van der Waals surface area contributed by atoms with E-state index in [1.807, 2.05) is 12.1 Å². The van der Waals surface area contributed by atoms with E-state index in [0.717, 1.165) is 38.8 Å². The van der Waals surface area contributed by atoms with Crippen molar-refractivity contribution < 1.29 is 4.42 Å². The first kappa shape index (κ1) is 29.4. The maximum Gasteiger partial charge on any atom is 0.236 e. The quantitative estimate of drug-likeness (QED) is 0.167. The molecule has 4 nitrogen and oxygen atoms in total. The summed E-state index contributed by atoms with van der Waals surface area (Å²) in [6, 6.07) is 58.8. The molecule has 0 atom stereocenters. The molecule has 0 aliphatic heterocycles. The Morgan fingerprint density at radius 2 is 1.05 bits per heavy atom. The van der Waals surface area contributed by atoms with Crippen LogP contribution in [0.25, 0.3) is 124 Å². The first-order valence-electron chi connectivity index (χ1n) is 18.6. The highest BCUT2D eigenvalue weighted by Crippen LogP contribution is 2.47. The van der Waals surface area contributed by atoms with Crippen molar-refractivity contribution in [2.24, 2.45) is 0 Å². The lowest BCUT2D eigenvalue weighted by Crippen LogP contribution is -2.03. The zero-order chi connectivity index (χ0) is 35.8. The molecule has 0 aliphatic carbocycles. The average Bonchev–Trinajstić information content (AvgIpc) is 3.93. The Morgan fingerprint density at radius 3 is 1.89 bits per heavy atom. The third-order valence-corrected chi connectivity index (χ3v) is 12.8. The van der Waals surface area contributed by atoms with Crippen molar-refractivity contribution in [2.75, 3.05) is 0 Å². The monoisotopic (exact) mass is 717 g/mol. The highest BCUT2D eigenvalue weighted by molar-refractivity contribution is 7.26. The van der Waals surface area contributed by atoms with Crippen LogP contribution in [0.5, 0.6) is 0 Å². The molecular weight excluding hydrogens is 691 g/mol. The number of nitrogens with zero attached hydrogens (tertiary/aromatic N) is 3. The molecular formula is C50H27N3OS. The van der Waals surface area contributed by atoms with Gasteiger partial charge in [0.2, 0.25) is 5.95 Å². The highest BCUT2D eigenvalue weighted by atomic mass is 32.1. The van der Waals surface area contributed by atoms with E-state index in [0.29, 0.717) is 11.5 Å². The van der Waals surface area contributed by atoms with Crippen LogP contribution in [0.15, 0.2) is 168 Å². The Bertz CT molecular complexity index is 3760. The summed E-state index contributed by atoms with van der Waals surface area (Å²) in [4.78, 5) is 11.0. The van der Waals surface area contributed by atoms with Crippen LogP contribution >= 0.6 is 11.3 Å². The molecule has 0 spiro atoms. The normalized spacial score (nSPS) is 12.4.